The molecule has 0 spiro atoms. The fourth-order valence-corrected chi connectivity index (χ4v) is 2.56. The summed E-state index contributed by atoms with van der Waals surface area (Å²) >= 11 is 5.53. The van der Waals surface area contributed by atoms with Crippen LogP contribution in [0.2, 0.25) is 5.02 Å². The molecule has 1 aliphatic rings. The van der Waals surface area contributed by atoms with Crippen LogP contribution in [0.1, 0.15) is 30.0 Å². The Hall–Kier alpha value is -2.35. The molecule has 1 saturated carbocycles. The first kappa shape index (κ1) is 17.5. The first-order valence-electron chi connectivity index (χ1n) is 7.49. The maximum absolute atomic E-state index is 12.8. The van der Waals surface area contributed by atoms with Gasteiger partial charge in [0.1, 0.15) is 6.54 Å². The second-order valence-corrected chi connectivity index (χ2v) is 6.18. The molecule has 1 amide bonds. The minimum Gasteiger partial charge on any atom is -0.324 e. The van der Waals surface area contributed by atoms with Gasteiger partial charge in [0.15, 0.2) is 0 Å². The Morgan fingerprint density at radius 1 is 1.28 bits per heavy atom. The molecule has 1 aliphatic carbocycles. The van der Waals surface area contributed by atoms with Gasteiger partial charge in [-0.1, -0.05) is 11.6 Å². The smallest absolute Gasteiger partial charge is 0.324 e. The van der Waals surface area contributed by atoms with Crippen molar-refractivity contribution in [3.63, 3.8) is 0 Å². The molecule has 0 unspecified atom stereocenters. The summed E-state index contributed by atoms with van der Waals surface area (Å²) in [7, 11) is 0. The van der Waals surface area contributed by atoms with E-state index in [1.807, 2.05) is 0 Å². The van der Waals surface area contributed by atoms with E-state index in [-0.39, 0.29) is 12.2 Å². The Morgan fingerprint density at radius 2 is 2.00 bits per heavy atom. The number of carbonyl (C=O) groups excluding carboxylic acids is 1. The Labute approximate surface area is 145 Å². The van der Waals surface area contributed by atoms with Gasteiger partial charge >= 0.3 is 6.18 Å². The number of nitrogens with one attached hydrogen (secondary N) is 1. The summed E-state index contributed by atoms with van der Waals surface area (Å²) in [5, 5.41) is 6.00. The first-order valence-corrected chi connectivity index (χ1v) is 7.86. The van der Waals surface area contributed by atoms with Crippen molar-refractivity contribution in [3.05, 3.63) is 57.0 Å². The molecule has 0 aliphatic heterocycles. The van der Waals surface area contributed by atoms with E-state index >= 15 is 0 Å². The number of carbonyl (C=O) groups is 1. The van der Waals surface area contributed by atoms with E-state index in [0.29, 0.717) is 5.92 Å². The van der Waals surface area contributed by atoms with Crippen molar-refractivity contribution >= 4 is 23.2 Å². The van der Waals surface area contributed by atoms with Gasteiger partial charge in [-0.05, 0) is 37.1 Å². The van der Waals surface area contributed by atoms with Gasteiger partial charge in [0.05, 0.1) is 16.3 Å². The lowest BCUT2D eigenvalue weighted by Crippen LogP contribution is -2.29. The average Bonchev–Trinajstić information content (AvgIpc) is 3.35. The van der Waals surface area contributed by atoms with Crippen LogP contribution in [-0.2, 0) is 17.5 Å². The third-order valence-corrected chi connectivity index (χ3v) is 4.06. The molecule has 3 rings (SSSR count). The van der Waals surface area contributed by atoms with Gasteiger partial charge in [0, 0.05) is 17.7 Å². The largest absolute Gasteiger partial charge is 0.417 e. The van der Waals surface area contributed by atoms with Crippen molar-refractivity contribution < 1.29 is 18.0 Å². The van der Waals surface area contributed by atoms with E-state index in [1.54, 1.807) is 6.07 Å². The molecule has 2 aromatic rings. The molecule has 0 atom stereocenters. The summed E-state index contributed by atoms with van der Waals surface area (Å²) < 4.78 is 39.5. The van der Waals surface area contributed by atoms with Crippen LogP contribution in [-0.4, -0.2) is 15.7 Å². The predicted octanol–water partition coefficient (Wildman–Crippen LogP) is 3.43. The molecule has 0 radical (unpaired) electrons. The zero-order chi connectivity index (χ0) is 18.2. The van der Waals surface area contributed by atoms with Crippen LogP contribution in [0.5, 0.6) is 0 Å². The van der Waals surface area contributed by atoms with E-state index in [2.05, 4.69) is 10.4 Å². The highest BCUT2D eigenvalue weighted by Gasteiger charge is 2.33. The van der Waals surface area contributed by atoms with E-state index in [9.17, 15) is 22.8 Å². The Bertz CT molecular complexity index is 876. The Morgan fingerprint density at radius 3 is 2.64 bits per heavy atom. The van der Waals surface area contributed by atoms with Crippen LogP contribution in [0.3, 0.4) is 0 Å². The van der Waals surface area contributed by atoms with Gasteiger partial charge in [-0.3, -0.25) is 9.59 Å². The normalized spacial score (nSPS) is 14.4. The highest BCUT2D eigenvalue weighted by atomic mass is 35.5. The second-order valence-electron chi connectivity index (χ2n) is 5.77. The maximum atomic E-state index is 12.8. The standard InChI is InChI=1S/C16H13ClF3N3O2/c17-12-4-3-10(7-11(12)16(18,19)20)21-14(24)8-23-15(25)6-5-13(22-23)9-1-2-9/h3-7,9H,1-2,8H2,(H,21,24). The van der Waals surface area contributed by atoms with Crippen molar-refractivity contribution in [3.8, 4) is 0 Å². The number of anilines is 1. The summed E-state index contributed by atoms with van der Waals surface area (Å²) in [4.78, 5) is 23.8. The molecular weight excluding hydrogens is 359 g/mol. The third kappa shape index (κ3) is 4.19. The van der Waals surface area contributed by atoms with E-state index < -0.39 is 28.2 Å². The van der Waals surface area contributed by atoms with Crippen LogP contribution >= 0.6 is 11.6 Å². The lowest BCUT2D eigenvalue weighted by atomic mass is 10.2. The van der Waals surface area contributed by atoms with E-state index in [4.69, 9.17) is 11.6 Å². The lowest BCUT2D eigenvalue weighted by Gasteiger charge is -2.12. The molecule has 1 N–H and O–H groups in total. The van der Waals surface area contributed by atoms with E-state index in [1.165, 1.54) is 12.1 Å². The highest BCUT2D eigenvalue weighted by molar-refractivity contribution is 6.31. The molecule has 1 heterocycles. The third-order valence-electron chi connectivity index (χ3n) is 3.73. The van der Waals surface area contributed by atoms with Gasteiger partial charge in [-0.2, -0.15) is 18.3 Å². The molecule has 0 bridgehead atoms. The molecule has 132 valence electrons. The number of amides is 1. The summed E-state index contributed by atoms with van der Waals surface area (Å²) in [6.07, 6.45) is -2.65. The lowest BCUT2D eigenvalue weighted by molar-refractivity contribution is -0.137. The SMILES string of the molecule is O=C(Cn1nc(C2CC2)ccc1=O)Nc1ccc(Cl)c(C(F)(F)F)c1. The maximum Gasteiger partial charge on any atom is 0.417 e. The van der Waals surface area contributed by atoms with Crippen LogP contribution in [0.4, 0.5) is 18.9 Å². The molecule has 9 heteroatoms. The van der Waals surface area contributed by atoms with Crippen LogP contribution in [0.15, 0.2) is 35.1 Å². The van der Waals surface area contributed by atoms with Crippen LogP contribution in [0.25, 0.3) is 0 Å². The molecule has 25 heavy (non-hydrogen) atoms. The fourth-order valence-electron chi connectivity index (χ4n) is 2.33. The molecular formula is C16H13ClF3N3O2. The monoisotopic (exact) mass is 371 g/mol. The van der Waals surface area contributed by atoms with Crippen LogP contribution in [0, 0.1) is 0 Å². The summed E-state index contributed by atoms with van der Waals surface area (Å²) in [6, 6.07) is 6.02. The van der Waals surface area contributed by atoms with Gasteiger partial charge < -0.3 is 5.32 Å². The van der Waals surface area contributed by atoms with Crippen molar-refractivity contribution in [2.75, 3.05) is 5.32 Å². The topological polar surface area (TPSA) is 64.0 Å². The number of hydrogen-bond donors (Lipinski definition) is 1. The Kier molecular flexibility index (Phi) is 4.55. The van der Waals surface area contributed by atoms with Gasteiger partial charge in [-0.25, -0.2) is 4.68 Å². The van der Waals surface area contributed by atoms with Crippen LogP contribution < -0.4 is 10.9 Å². The quantitative estimate of drug-likeness (QED) is 0.895. The molecule has 0 saturated heterocycles. The minimum atomic E-state index is -4.63. The number of nitrogens with zero attached hydrogens (tertiary/aromatic N) is 2. The van der Waals surface area contributed by atoms with E-state index in [0.717, 1.165) is 35.4 Å². The number of halogens is 4. The Balaban J connectivity index is 1.75. The fraction of sp³-hybridized carbons (Fsp3) is 0.312. The van der Waals surface area contributed by atoms with Gasteiger partial charge in [0.2, 0.25) is 5.91 Å². The minimum absolute atomic E-state index is 0.0619. The van der Waals surface area contributed by atoms with Crippen molar-refractivity contribution in [2.24, 2.45) is 0 Å². The van der Waals surface area contributed by atoms with Gasteiger partial charge in [0.25, 0.3) is 5.56 Å². The van der Waals surface area contributed by atoms with Crippen molar-refractivity contribution in [1.82, 2.24) is 9.78 Å². The summed E-state index contributed by atoms with van der Waals surface area (Å²) in [5.74, 6) is -0.349. The van der Waals surface area contributed by atoms with Gasteiger partial charge in [-0.15, -0.1) is 0 Å². The predicted molar refractivity (Wildman–Crippen MR) is 85.6 cm³/mol. The average molecular weight is 372 g/mol. The highest BCUT2D eigenvalue weighted by Crippen LogP contribution is 2.38. The van der Waals surface area contributed by atoms with Crippen molar-refractivity contribution in [2.45, 2.75) is 31.5 Å². The zero-order valence-corrected chi connectivity index (χ0v) is 13.6. The summed E-state index contributed by atoms with van der Waals surface area (Å²) in [6.45, 7) is -0.386. The molecule has 1 fully saturated rings. The van der Waals surface area contributed by atoms with Crippen molar-refractivity contribution in [1.29, 1.82) is 0 Å². The molecule has 1 aromatic heterocycles. The number of hydrogen-bond acceptors (Lipinski definition) is 3. The summed E-state index contributed by atoms with van der Waals surface area (Å²) in [5.41, 5.74) is -0.823. The number of aromatic nitrogens is 2. The number of alkyl halides is 3. The number of rotatable bonds is 4. The molecule has 1 aromatic carbocycles. The first-order chi connectivity index (χ1) is 11.7. The number of benzene rings is 1. The molecule has 5 nitrogen and oxygen atoms in total. The zero-order valence-electron chi connectivity index (χ0n) is 12.8. The second kappa shape index (κ2) is 6.51.